The van der Waals surface area contributed by atoms with E-state index in [1.165, 1.54) is 14.2 Å². The molecule has 0 aliphatic rings. The highest BCUT2D eigenvalue weighted by Gasteiger charge is 2.48. The maximum atomic E-state index is 12.7. The van der Waals surface area contributed by atoms with Gasteiger partial charge in [-0.2, -0.15) is 8.42 Å². The van der Waals surface area contributed by atoms with Crippen LogP contribution in [0.3, 0.4) is 0 Å². The molecule has 1 atom stereocenters. The number of ether oxygens (including phenoxy) is 2. The first-order valence-electron chi connectivity index (χ1n) is 11.2. The summed E-state index contributed by atoms with van der Waals surface area (Å²) in [4.78, 5) is -0.489. The predicted octanol–water partition coefficient (Wildman–Crippen LogP) is 6.58. The zero-order valence-electron chi connectivity index (χ0n) is 22.0. The molecule has 1 aromatic rings. The molecule has 6 nitrogen and oxygen atoms in total. The highest BCUT2D eigenvalue weighted by Crippen LogP contribution is 2.60. The van der Waals surface area contributed by atoms with Crippen molar-refractivity contribution < 1.29 is 27.6 Å². The molecule has 0 heterocycles. The largest absolute Gasteiger partial charge is 0.506 e. The lowest BCUT2D eigenvalue weighted by molar-refractivity contribution is 0.0749. The molecule has 7 heteroatoms. The lowest BCUT2D eigenvalue weighted by Crippen LogP contribution is -2.38. The highest BCUT2D eigenvalue weighted by molar-refractivity contribution is 7.86. The first-order chi connectivity index (χ1) is 14.2. The summed E-state index contributed by atoms with van der Waals surface area (Å²) in [6.07, 6.45) is 1.58. The molecule has 0 saturated heterocycles. The number of methoxy groups -OCH3 is 2. The van der Waals surface area contributed by atoms with Gasteiger partial charge in [0.2, 0.25) is 0 Å². The van der Waals surface area contributed by atoms with E-state index < -0.39 is 31.6 Å². The van der Waals surface area contributed by atoms with E-state index in [1.54, 1.807) is 6.92 Å². The third-order valence-electron chi connectivity index (χ3n) is 6.04. The van der Waals surface area contributed by atoms with Gasteiger partial charge in [0.25, 0.3) is 10.1 Å². The number of phenols is 1. The van der Waals surface area contributed by atoms with Gasteiger partial charge in [0.15, 0.2) is 11.5 Å². The van der Waals surface area contributed by atoms with Gasteiger partial charge in [-0.25, -0.2) is 0 Å². The van der Waals surface area contributed by atoms with Crippen molar-refractivity contribution in [2.45, 2.75) is 92.9 Å². The minimum absolute atomic E-state index is 0.0437. The third-order valence-corrected chi connectivity index (χ3v) is 6.97. The van der Waals surface area contributed by atoms with Crippen molar-refractivity contribution in [3.63, 3.8) is 0 Å². The Morgan fingerprint density at radius 2 is 1.38 bits per heavy atom. The first kappa shape index (κ1) is 28.6. The summed E-state index contributed by atoms with van der Waals surface area (Å²) in [7, 11) is -1.86. The first-order valence-corrected chi connectivity index (χ1v) is 12.6. The van der Waals surface area contributed by atoms with Gasteiger partial charge in [-0.15, -0.1) is 0 Å². The van der Waals surface area contributed by atoms with Crippen LogP contribution in [-0.4, -0.2) is 32.3 Å². The van der Waals surface area contributed by atoms with Gasteiger partial charge < -0.3 is 14.6 Å². The van der Waals surface area contributed by atoms with E-state index in [9.17, 15) is 18.1 Å². The Bertz CT molecular complexity index is 921. The number of phenolic OH excluding ortho intramolecular Hbond substituents is 1. The SMILES string of the molecule is COc1c(C)c(O)c(S(=O)(=O)O)c(C(C(C)(C)CC(C)C)C(C)(C)CC(C)(C)C)c1OC. The number of benzene rings is 1. The van der Waals surface area contributed by atoms with E-state index in [0.717, 1.165) is 12.8 Å². The molecule has 1 unspecified atom stereocenters. The Labute approximate surface area is 195 Å². The van der Waals surface area contributed by atoms with Crippen molar-refractivity contribution in [2.75, 3.05) is 14.2 Å². The Kier molecular flexibility index (Phi) is 8.40. The van der Waals surface area contributed by atoms with Crippen molar-refractivity contribution in [3.05, 3.63) is 11.1 Å². The molecule has 186 valence electrons. The maximum absolute atomic E-state index is 12.7. The minimum atomic E-state index is -4.77. The molecular formula is C25H44O6S. The Morgan fingerprint density at radius 1 is 0.906 bits per heavy atom. The van der Waals surface area contributed by atoms with Gasteiger partial charge in [-0.3, -0.25) is 4.55 Å². The van der Waals surface area contributed by atoms with Crippen LogP contribution in [0.15, 0.2) is 4.90 Å². The van der Waals surface area contributed by atoms with E-state index in [0.29, 0.717) is 5.92 Å². The topological polar surface area (TPSA) is 93.1 Å². The second-order valence-corrected chi connectivity index (χ2v) is 13.4. The summed E-state index contributed by atoms with van der Waals surface area (Å²) >= 11 is 0. The fraction of sp³-hybridized carbons (Fsp3) is 0.760. The van der Waals surface area contributed by atoms with Gasteiger partial charge >= 0.3 is 0 Å². The molecule has 0 spiro atoms. The maximum Gasteiger partial charge on any atom is 0.298 e. The molecule has 0 saturated carbocycles. The monoisotopic (exact) mass is 472 g/mol. The third kappa shape index (κ3) is 6.10. The van der Waals surface area contributed by atoms with Crippen LogP contribution in [-0.2, 0) is 10.1 Å². The molecule has 1 aromatic carbocycles. The van der Waals surface area contributed by atoms with Crippen LogP contribution in [0.5, 0.6) is 17.2 Å². The molecule has 0 bridgehead atoms. The molecule has 0 aliphatic carbocycles. The molecule has 0 aromatic heterocycles. The summed E-state index contributed by atoms with van der Waals surface area (Å²) in [5, 5.41) is 11.0. The van der Waals surface area contributed by atoms with E-state index in [4.69, 9.17) is 9.47 Å². The van der Waals surface area contributed by atoms with Crippen molar-refractivity contribution in [1.82, 2.24) is 0 Å². The van der Waals surface area contributed by atoms with Gasteiger partial charge in [0.05, 0.1) is 14.2 Å². The lowest BCUT2D eigenvalue weighted by atomic mass is 9.56. The molecule has 32 heavy (non-hydrogen) atoms. The van der Waals surface area contributed by atoms with Crippen molar-refractivity contribution in [2.24, 2.45) is 22.2 Å². The Hall–Kier alpha value is -1.47. The molecule has 2 N–H and O–H groups in total. The van der Waals surface area contributed by atoms with Crippen LogP contribution >= 0.6 is 0 Å². The summed E-state index contributed by atoms with van der Waals surface area (Å²) in [6.45, 7) is 20.7. The van der Waals surface area contributed by atoms with Crippen LogP contribution in [0.2, 0.25) is 0 Å². The molecular weight excluding hydrogens is 428 g/mol. The smallest absolute Gasteiger partial charge is 0.298 e. The summed E-state index contributed by atoms with van der Waals surface area (Å²) in [5.41, 5.74) is -0.388. The number of hydrogen-bond donors (Lipinski definition) is 2. The molecule has 0 fully saturated rings. The Morgan fingerprint density at radius 3 is 1.72 bits per heavy atom. The van der Waals surface area contributed by atoms with E-state index >= 15 is 0 Å². The second kappa shape index (κ2) is 9.41. The predicted molar refractivity (Wildman–Crippen MR) is 130 cm³/mol. The fourth-order valence-corrected chi connectivity index (χ4v) is 7.14. The Balaban J connectivity index is 4.30. The summed E-state index contributed by atoms with van der Waals surface area (Å²) < 4.78 is 46.9. The summed E-state index contributed by atoms with van der Waals surface area (Å²) in [5.74, 6) is -0.0384. The molecule has 1 rings (SSSR count). The van der Waals surface area contributed by atoms with Gasteiger partial charge in [0, 0.05) is 11.1 Å². The normalized spacial score (nSPS) is 14.6. The average molecular weight is 473 g/mol. The van der Waals surface area contributed by atoms with E-state index in [-0.39, 0.29) is 34.0 Å². The lowest BCUT2D eigenvalue weighted by Gasteiger charge is -2.49. The fourth-order valence-electron chi connectivity index (χ4n) is 6.25. The van der Waals surface area contributed by atoms with Crippen molar-refractivity contribution >= 4 is 10.1 Å². The quantitative estimate of drug-likeness (QED) is 0.394. The van der Waals surface area contributed by atoms with Crippen LogP contribution in [0, 0.1) is 29.1 Å². The standard InChI is InChI=1S/C25H44O6S/c1-15(2)13-24(7,8)22(25(9,10)14-23(4,5)6)17-20(31-12)19(30-11)16(3)18(26)21(17)32(27,28)29/h15,22,26H,13-14H2,1-12H3,(H,27,28,29). The van der Waals surface area contributed by atoms with Crippen molar-refractivity contribution in [1.29, 1.82) is 0 Å². The zero-order chi connectivity index (χ0) is 25.4. The average Bonchev–Trinajstić information content (AvgIpc) is 2.52. The van der Waals surface area contributed by atoms with Crippen LogP contribution < -0.4 is 9.47 Å². The second-order valence-electron chi connectivity index (χ2n) is 12.0. The van der Waals surface area contributed by atoms with Crippen LogP contribution in [0.25, 0.3) is 0 Å². The van der Waals surface area contributed by atoms with E-state index in [2.05, 4.69) is 62.3 Å². The molecule has 0 aliphatic heterocycles. The van der Waals surface area contributed by atoms with Crippen LogP contribution in [0.1, 0.15) is 92.2 Å². The van der Waals surface area contributed by atoms with Crippen LogP contribution in [0.4, 0.5) is 0 Å². The number of hydrogen-bond acceptors (Lipinski definition) is 5. The van der Waals surface area contributed by atoms with Gasteiger partial charge in [-0.05, 0) is 47.8 Å². The zero-order valence-corrected chi connectivity index (χ0v) is 22.8. The summed E-state index contributed by atoms with van der Waals surface area (Å²) in [6, 6.07) is 0. The van der Waals surface area contributed by atoms with Gasteiger partial charge in [-0.1, -0.05) is 62.3 Å². The molecule has 0 radical (unpaired) electrons. The minimum Gasteiger partial charge on any atom is -0.506 e. The highest BCUT2D eigenvalue weighted by atomic mass is 32.2. The van der Waals surface area contributed by atoms with E-state index in [1.807, 2.05) is 0 Å². The van der Waals surface area contributed by atoms with Gasteiger partial charge in [0.1, 0.15) is 10.6 Å². The number of rotatable bonds is 9. The molecule has 0 amide bonds. The van der Waals surface area contributed by atoms with Crippen molar-refractivity contribution in [3.8, 4) is 17.2 Å². The number of aromatic hydroxyl groups is 1.